The van der Waals surface area contributed by atoms with Gasteiger partial charge >= 0.3 is 0 Å². The summed E-state index contributed by atoms with van der Waals surface area (Å²) in [7, 11) is 0. The molecule has 19 N–H and O–H groups in total. The van der Waals surface area contributed by atoms with E-state index in [0.29, 0.717) is 77.4 Å². The first-order valence-corrected chi connectivity index (χ1v) is 38.4. The molecule has 0 radical (unpaired) electrons. The zero-order chi connectivity index (χ0) is 77.8. The normalized spacial score (nSPS) is 25.0. The van der Waals surface area contributed by atoms with Gasteiger partial charge in [0.2, 0.25) is 53.2 Å². The van der Waals surface area contributed by atoms with Crippen LogP contribution in [-0.4, -0.2) is 282 Å². The first kappa shape index (κ1) is 92.9. The molecule has 4 aliphatic rings. The third-order valence-corrected chi connectivity index (χ3v) is 19.4. The highest BCUT2D eigenvalue weighted by atomic mass is 16.7. The Morgan fingerprint density at radius 2 is 0.943 bits per heavy atom. The minimum atomic E-state index is -1.48. The van der Waals surface area contributed by atoms with Crippen LogP contribution in [0.4, 0.5) is 0 Å². The van der Waals surface area contributed by atoms with Crippen LogP contribution in [0.2, 0.25) is 0 Å². The van der Waals surface area contributed by atoms with Crippen molar-refractivity contribution in [2.24, 2.45) is 11.8 Å². The van der Waals surface area contributed by atoms with Crippen molar-refractivity contribution in [2.45, 2.75) is 305 Å². The second-order valence-corrected chi connectivity index (χ2v) is 28.2. The van der Waals surface area contributed by atoms with Gasteiger partial charge < -0.3 is 127 Å². The minimum Gasteiger partial charge on any atom is -0.394 e. The van der Waals surface area contributed by atoms with Crippen LogP contribution in [0.3, 0.4) is 0 Å². The second kappa shape index (κ2) is 53.4. The van der Waals surface area contributed by atoms with Gasteiger partial charge in [0.15, 0.2) is 18.9 Å². The van der Waals surface area contributed by atoms with Gasteiger partial charge in [-0.05, 0) is 134 Å². The lowest BCUT2D eigenvalue weighted by atomic mass is 9.78. The Labute approximate surface area is 622 Å². The lowest BCUT2D eigenvalue weighted by molar-refractivity contribution is -0.270. The van der Waals surface area contributed by atoms with Crippen molar-refractivity contribution >= 4 is 53.2 Å². The van der Waals surface area contributed by atoms with Crippen molar-refractivity contribution in [1.29, 1.82) is 0 Å². The van der Waals surface area contributed by atoms with Crippen LogP contribution in [0.5, 0.6) is 0 Å². The fourth-order valence-corrected chi connectivity index (χ4v) is 13.4. The predicted molar refractivity (Wildman–Crippen MR) is 381 cm³/mol. The number of unbranched alkanes of at least 4 members (excludes halogenated alkanes) is 7. The lowest BCUT2D eigenvalue weighted by Crippen LogP contribution is -2.64. The van der Waals surface area contributed by atoms with Gasteiger partial charge in [-0.2, -0.15) is 0 Å². The topological polar surface area (TPSA) is 521 Å². The fraction of sp³-hybridized carbons (Fsp3) is 0.873. The van der Waals surface area contributed by atoms with Gasteiger partial charge in [-0.15, -0.1) is 0 Å². The van der Waals surface area contributed by atoms with Gasteiger partial charge in [0.1, 0.15) is 72.9 Å². The van der Waals surface area contributed by atoms with E-state index < -0.39 is 160 Å². The van der Waals surface area contributed by atoms with Crippen LogP contribution >= 0.6 is 0 Å². The average molecular weight is 1520 g/mol. The first-order chi connectivity index (χ1) is 50.9. The highest BCUT2D eigenvalue weighted by Gasteiger charge is 2.47. The van der Waals surface area contributed by atoms with E-state index in [-0.39, 0.29) is 121 Å². The summed E-state index contributed by atoms with van der Waals surface area (Å²) in [5.41, 5.74) is 0. The summed E-state index contributed by atoms with van der Waals surface area (Å²) in [6.45, 7) is 3.95. The van der Waals surface area contributed by atoms with E-state index in [1.165, 1.54) is 66.2 Å². The molecule has 16 atom stereocenters. The molecule has 0 spiro atoms. The van der Waals surface area contributed by atoms with E-state index in [1.54, 1.807) is 0 Å². The van der Waals surface area contributed by atoms with E-state index in [9.17, 15) is 89.1 Å². The van der Waals surface area contributed by atoms with Crippen LogP contribution in [0.1, 0.15) is 201 Å². The van der Waals surface area contributed by atoms with Crippen molar-refractivity contribution in [3.63, 3.8) is 0 Å². The SMILES string of the molecule is CC(=O)NC1C(OCCCCC(=O)NCCCCC(NC(=O)CCCCOC(OC(CO)[C@@H](C)O)[C@H](CO)NC(C)=O)C(=O)NC(CCCCNC(=O)CCCCOC2OC(CO)C(O)C(O)C2NC(C)=O)C(=O)NCCCCCC(=O)NCNCOC2CCC(C3CCCC3)CC2)OC(CO)C(O)C1O. The number of nitrogens with one attached hydrogen (secondary N) is 10. The quantitative estimate of drug-likeness (QED) is 0.0223. The highest BCUT2D eigenvalue weighted by molar-refractivity contribution is 5.92. The molecule has 14 unspecified atom stereocenters. The van der Waals surface area contributed by atoms with Gasteiger partial charge in [0, 0.05) is 85.9 Å². The Bertz CT molecular complexity index is 2540. The molecule has 0 aromatic rings. The van der Waals surface area contributed by atoms with Crippen LogP contribution in [0, 0.1) is 11.8 Å². The second-order valence-electron chi connectivity index (χ2n) is 28.2. The van der Waals surface area contributed by atoms with Crippen LogP contribution < -0.4 is 53.2 Å². The molecule has 0 bridgehead atoms. The summed E-state index contributed by atoms with van der Waals surface area (Å²) in [5, 5.41) is 119. The molecule has 2 aliphatic heterocycles. The summed E-state index contributed by atoms with van der Waals surface area (Å²) >= 11 is 0. The van der Waals surface area contributed by atoms with Gasteiger partial charge in [-0.1, -0.05) is 32.1 Å². The molecule has 2 aliphatic carbocycles. The van der Waals surface area contributed by atoms with E-state index in [4.69, 9.17) is 33.2 Å². The van der Waals surface area contributed by atoms with E-state index in [1.807, 2.05) is 0 Å². The highest BCUT2D eigenvalue weighted by Crippen LogP contribution is 2.40. The summed E-state index contributed by atoms with van der Waals surface area (Å²) in [6, 6.07) is -5.57. The lowest BCUT2D eigenvalue weighted by Gasteiger charge is -2.42. The minimum absolute atomic E-state index is 0.0482. The van der Waals surface area contributed by atoms with Crippen LogP contribution in [-0.2, 0) is 76.3 Å². The molecule has 4 fully saturated rings. The molecule has 2 saturated heterocycles. The molecule has 35 heteroatoms. The van der Waals surface area contributed by atoms with Crippen molar-refractivity contribution < 1.29 is 122 Å². The molecule has 9 amide bonds. The molecule has 4 rings (SSSR count). The zero-order valence-electron chi connectivity index (χ0n) is 62.6. The number of hydrogen-bond donors (Lipinski definition) is 19. The number of ether oxygens (including phenoxy) is 7. The predicted octanol–water partition coefficient (Wildman–Crippen LogP) is -2.38. The third-order valence-electron chi connectivity index (χ3n) is 19.4. The maximum Gasteiger partial charge on any atom is 0.243 e. The van der Waals surface area contributed by atoms with Gasteiger partial charge in [0.05, 0.1) is 52.0 Å². The Morgan fingerprint density at radius 3 is 1.43 bits per heavy atom. The molecular formula is C71H128N10O25. The molecule has 0 aromatic carbocycles. The number of hydrogen-bond acceptors (Lipinski definition) is 26. The fourth-order valence-electron chi connectivity index (χ4n) is 13.4. The maximum absolute atomic E-state index is 14.5. The van der Waals surface area contributed by atoms with Crippen LogP contribution in [0.25, 0.3) is 0 Å². The first-order valence-electron chi connectivity index (χ1n) is 38.4. The molecule has 2 heterocycles. The Kier molecular flexibility index (Phi) is 46.8. The number of aliphatic hydroxyl groups is 9. The van der Waals surface area contributed by atoms with E-state index in [2.05, 4.69) is 53.2 Å². The molecule has 0 aromatic heterocycles. The average Bonchev–Trinajstić information content (AvgIpc) is 0.933. The largest absolute Gasteiger partial charge is 0.394 e. The van der Waals surface area contributed by atoms with Crippen molar-refractivity contribution in [3.8, 4) is 0 Å². The monoisotopic (exact) mass is 1520 g/mol. The van der Waals surface area contributed by atoms with Gasteiger partial charge in [0.25, 0.3) is 0 Å². The maximum atomic E-state index is 14.5. The summed E-state index contributed by atoms with van der Waals surface area (Å²) in [6.07, 6.45) is 1.67. The Balaban J connectivity index is 1.34. The summed E-state index contributed by atoms with van der Waals surface area (Å²) < 4.78 is 40.3. The number of amides is 9. The van der Waals surface area contributed by atoms with E-state index >= 15 is 0 Å². The molecule has 2 saturated carbocycles. The Morgan fingerprint density at radius 1 is 0.472 bits per heavy atom. The summed E-state index contributed by atoms with van der Waals surface area (Å²) in [5.74, 6) is -2.19. The van der Waals surface area contributed by atoms with Gasteiger partial charge in [-0.3, -0.25) is 48.5 Å². The van der Waals surface area contributed by atoms with E-state index in [0.717, 1.165) is 24.7 Å². The Hall–Kier alpha value is -5.45. The number of aliphatic hydroxyl groups excluding tert-OH is 9. The van der Waals surface area contributed by atoms with Crippen LogP contribution in [0.15, 0.2) is 0 Å². The molecule has 106 heavy (non-hydrogen) atoms. The molecule has 35 nitrogen and oxygen atoms in total. The number of rotatable bonds is 55. The van der Waals surface area contributed by atoms with Crippen molar-refractivity contribution in [1.82, 2.24) is 53.2 Å². The third kappa shape index (κ3) is 36.4. The molecule has 612 valence electrons. The summed E-state index contributed by atoms with van der Waals surface area (Å²) in [4.78, 5) is 116. The van der Waals surface area contributed by atoms with Crippen molar-refractivity contribution in [2.75, 3.05) is 79.3 Å². The van der Waals surface area contributed by atoms with Gasteiger partial charge in [-0.25, -0.2) is 0 Å². The van der Waals surface area contributed by atoms with Crippen molar-refractivity contribution in [3.05, 3.63) is 0 Å². The number of carbonyl (C=O) groups is 9. The standard InChI is InChI=1S/C71H128N10O25/c1-44(86)54(39-83)104-69(53(38-82)77-45(2)87)100-35-19-13-27-60(93)80-52(23-10-16-33-74-58(91)26-12-18-37-102-71-62(79-47(4)89)66(97)64(95)56(41-85)106-71)68(99)81-51(22-9-15-32-73-57(90)25-11-17-36-101-70-61(78-46(3)88)65(96)63(94)55(40-84)105-70)67(98)75-34-14-5-6-24-59(92)76-42-72-43-103-50-30-28-49(29-31-50)48-20-7-8-21-48/h44,48-56,61-66,69-72,82-86,94-97H,5-43H2,1-4H3,(H,73,90)(H,74,91)(H,75,98)(H,76,92)(H,77,87)(H,78,88)(H,79,89)(H,80,93)(H,81,99)/t44-,49?,50?,51?,52?,53+,54?,55?,56?,61?,62?,63?,64?,65?,66?,69?,70?,71?/m1/s1. The molecular weight excluding hydrogens is 1390 g/mol. The number of carbonyl (C=O) groups excluding carboxylic acids is 9. The zero-order valence-corrected chi connectivity index (χ0v) is 62.6. The smallest absolute Gasteiger partial charge is 0.243 e.